The number of pyridine rings is 1. The number of carbonyl (C=O) groups excluding carboxylic acids is 1. The van der Waals surface area contributed by atoms with E-state index in [1.807, 2.05) is 60.4 Å². The van der Waals surface area contributed by atoms with Crippen molar-refractivity contribution in [2.24, 2.45) is 0 Å². The fourth-order valence-electron chi connectivity index (χ4n) is 3.94. The Hall–Kier alpha value is -3.19. The quantitative estimate of drug-likeness (QED) is 0.584. The van der Waals surface area contributed by atoms with Gasteiger partial charge in [0.05, 0.1) is 24.0 Å². The summed E-state index contributed by atoms with van der Waals surface area (Å²) in [7, 11) is 0. The summed E-state index contributed by atoms with van der Waals surface area (Å²) in [6.45, 7) is 2.47. The van der Waals surface area contributed by atoms with E-state index in [0.717, 1.165) is 41.5 Å². The van der Waals surface area contributed by atoms with Crippen molar-refractivity contribution in [2.75, 3.05) is 34.4 Å². The summed E-state index contributed by atoms with van der Waals surface area (Å²) >= 11 is 1.82. The van der Waals surface area contributed by atoms with E-state index < -0.39 is 0 Å². The second-order valence-corrected chi connectivity index (χ2v) is 8.53. The first kappa shape index (κ1) is 18.8. The molecule has 6 nitrogen and oxygen atoms in total. The highest BCUT2D eigenvalue weighted by Crippen LogP contribution is 2.37. The number of amides is 2. The summed E-state index contributed by atoms with van der Waals surface area (Å²) in [4.78, 5) is 20.6. The normalized spacial score (nSPS) is 16.9. The van der Waals surface area contributed by atoms with Crippen LogP contribution in [0.25, 0.3) is 0 Å². The van der Waals surface area contributed by atoms with Crippen LogP contribution in [-0.4, -0.2) is 29.9 Å². The number of rotatable bonds is 4. The number of aromatic nitrogens is 1. The third-order valence-corrected chi connectivity index (χ3v) is 6.42. The lowest BCUT2D eigenvalue weighted by Gasteiger charge is -2.31. The molecule has 1 unspecified atom stereocenters. The lowest BCUT2D eigenvalue weighted by molar-refractivity contribution is 0.249. The van der Waals surface area contributed by atoms with Crippen molar-refractivity contribution in [2.45, 2.75) is 17.5 Å². The molecule has 2 aromatic carbocycles. The number of thioether (sulfide) groups is 1. The van der Waals surface area contributed by atoms with Crippen LogP contribution in [0.5, 0.6) is 0 Å². The Balaban J connectivity index is 1.26. The predicted molar refractivity (Wildman–Crippen MR) is 122 cm³/mol. The van der Waals surface area contributed by atoms with E-state index >= 15 is 0 Å². The molecule has 0 spiro atoms. The molecule has 30 heavy (non-hydrogen) atoms. The molecule has 0 aliphatic carbocycles. The van der Waals surface area contributed by atoms with Gasteiger partial charge in [-0.05, 0) is 42.0 Å². The molecule has 0 radical (unpaired) electrons. The number of urea groups is 1. The van der Waals surface area contributed by atoms with Gasteiger partial charge in [-0.2, -0.15) is 0 Å². The second-order valence-electron chi connectivity index (χ2n) is 7.39. The molecule has 0 saturated carbocycles. The zero-order valence-corrected chi connectivity index (χ0v) is 17.3. The first-order valence-electron chi connectivity index (χ1n) is 10.1. The monoisotopic (exact) mass is 417 g/mol. The summed E-state index contributed by atoms with van der Waals surface area (Å²) in [5.41, 5.74) is 5.26. The highest BCUT2D eigenvalue weighted by Gasteiger charge is 2.23. The maximum atomic E-state index is 12.6. The molecule has 0 saturated heterocycles. The maximum Gasteiger partial charge on any atom is 0.319 e. The Morgan fingerprint density at radius 1 is 1.17 bits per heavy atom. The van der Waals surface area contributed by atoms with Crippen LogP contribution in [0.1, 0.15) is 17.3 Å². The summed E-state index contributed by atoms with van der Waals surface area (Å²) < 4.78 is 0. The van der Waals surface area contributed by atoms with Crippen LogP contribution in [0.4, 0.5) is 21.9 Å². The summed E-state index contributed by atoms with van der Waals surface area (Å²) in [5.74, 6) is 1.01. The minimum Gasteiger partial charge on any atom is -0.382 e. The largest absolute Gasteiger partial charge is 0.382 e. The highest BCUT2D eigenvalue weighted by atomic mass is 32.2. The topological polar surface area (TPSA) is 69.3 Å². The van der Waals surface area contributed by atoms with Gasteiger partial charge in [0.15, 0.2) is 0 Å². The van der Waals surface area contributed by atoms with Gasteiger partial charge in [0.25, 0.3) is 0 Å². The molecule has 0 bridgehead atoms. The average Bonchev–Trinajstić information content (AvgIpc) is 3.17. The third kappa shape index (κ3) is 3.93. The van der Waals surface area contributed by atoms with Crippen LogP contribution in [0.3, 0.4) is 0 Å². The molecule has 5 rings (SSSR count). The van der Waals surface area contributed by atoms with Crippen molar-refractivity contribution < 1.29 is 4.79 Å². The van der Waals surface area contributed by atoms with E-state index in [-0.39, 0.29) is 12.1 Å². The zero-order valence-electron chi connectivity index (χ0n) is 16.5. The van der Waals surface area contributed by atoms with Crippen LogP contribution in [0.15, 0.2) is 71.8 Å². The minimum atomic E-state index is -0.190. The van der Waals surface area contributed by atoms with E-state index in [9.17, 15) is 4.79 Å². The third-order valence-electron chi connectivity index (χ3n) is 5.39. The average molecular weight is 418 g/mol. The Morgan fingerprint density at radius 3 is 2.97 bits per heavy atom. The van der Waals surface area contributed by atoms with Crippen LogP contribution in [-0.2, 0) is 6.54 Å². The number of anilines is 3. The molecule has 3 N–H and O–H groups in total. The van der Waals surface area contributed by atoms with Gasteiger partial charge in [0.2, 0.25) is 0 Å². The number of hydrogen-bond acceptors (Lipinski definition) is 5. The number of fused-ring (bicyclic) bond motifs is 2. The Morgan fingerprint density at radius 2 is 2.07 bits per heavy atom. The number of para-hydroxylation sites is 1. The van der Waals surface area contributed by atoms with E-state index in [4.69, 9.17) is 0 Å². The standard InChI is InChI=1S/C23H23N5OS/c29-23(27-20-14-25-19-7-2-1-6-18(19)20)26-16-8-9-21-22(13-16)30-12-11-28(21)15-17-5-3-4-10-24-17/h1-10,13,20,25H,11-12,14-15H2,(H2,26,27,29). The van der Waals surface area contributed by atoms with Gasteiger partial charge >= 0.3 is 6.03 Å². The first-order valence-corrected chi connectivity index (χ1v) is 11.1. The van der Waals surface area contributed by atoms with Gasteiger partial charge < -0.3 is 20.9 Å². The molecule has 3 heterocycles. The lowest BCUT2D eigenvalue weighted by Crippen LogP contribution is -2.33. The Bertz CT molecular complexity index is 1060. The van der Waals surface area contributed by atoms with E-state index in [0.29, 0.717) is 6.54 Å². The number of benzene rings is 2. The van der Waals surface area contributed by atoms with E-state index in [1.165, 1.54) is 10.6 Å². The summed E-state index contributed by atoms with van der Waals surface area (Å²) in [5, 5.41) is 9.39. The second kappa shape index (κ2) is 8.28. The number of nitrogens with zero attached hydrogens (tertiary/aromatic N) is 2. The van der Waals surface area contributed by atoms with Crippen LogP contribution in [0.2, 0.25) is 0 Å². The SMILES string of the molecule is O=C(Nc1ccc2c(c1)SCCN2Cc1ccccn1)NC1CNc2ccccc21. The molecule has 1 atom stereocenters. The van der Waals surface area contributed by atoms with Crippen molar-refractivity contribution >= 4 is 34.9 Å². The van der Waals surface area contributed by atoms with Gasteiger partial charge in [0.1, 0.15) is 0 Å². The highest BCUT2D eigenvalue weighted by molar-refractivity contribution is 7.99. The fourth-order valence-corrected chi connectivity index (χ4v) is 5.03. The van der Waals surface area contributed by atoms with Gasteiger partial charge in [0, 0.05) is 41.3 Å². The lowest BCUT2D eigenvalue weighted by atomic mass is 10.1. The van der Waals surface area contributed by atoms with Gasteiger partial charge in [-0.1, -0.05) is 24.3 Å². The predicted octanol–water partition coefficient (Wildman–Crippen LogP) is 4.48. The van der Waals surface area contributed by atoms with Crippen molar-refractivity contribution in [1.82, 2.24) is 10.3 Å². The van der Waals surface area contributed by atoms with Crippen LogP contribution < -0.4 is 20.9 Å². The van der Waals surface area contributed by atoms with Crippen molar-refractivity contribution in [3.05, 3.63) is 78.1 Å². The van der Waals surface area contributed by atoms with E-state index in [1.54, 1.807) is 0 Å². The Labute approximate surface area is 180 Å². The fraction of sp³-hybridized carbons (Fsp3) is 0.217. The molecular formula is C23H23N5OS. The molecular weight excluding hydrogens is 394 g/mol. The molecule has 2 aliphatic heterocycles. The van der Waals surface area contributed by atoms with Crippen molar-refractivity contribution in [1.29, 1.82) is 0 Å². The number of nitrogens with one attached hydrogen (secondary N) is 3. The molecule has 7 heteroatoms. The molecule has 152 valence electrons. The molecule has 1 aromatic heterocycles. The number of hydrogen-bond donors (Lipinski definition) is 3. The molecule has 2 amide bonds. The smallest absolute Gasteiger partial charge is 0.319 e. The summed E-state index contributed by atoms with van der Waals surface area (Å²) in [6, 6.07) is 20.0. The maximum absolute atomic E-state index is 12.6. The van der Waals surface area contributed by atoms with E-state index in [2.05, 4.69) is 44.0 Å². The Kier molecular flexibility index (Phi) is 5.19. The molecule has 0 fully saturated rings. The zero-order chi connectivity index (χ0) is 20.3. The van der Waals surface area contributed by atoms with Crippen molar-refractivity contribution in [3.8, 4) is 0 Å². The molecule has 2 aliphatic rings. The molecule has 3 aromatic rings. The first-order chi connectivity index (χ1) is 14.8. The van der Waals surface area contributed by atoms with Gasteiger partial charge in [-0.15, -0.1) is 11.8 Å². The van der Waals surface area contributed by atoms with Gasteiger partial charge in [-0.3, -0.25) is 4.98 Å². The van der Waals surface area contributed by atoms with Crippen LogP contribution >= 0.6 is 11.8 Å². The van der Waals surface area contributed by atoms with Gasteiger partial charge in [-0.25, -0.2) is 4.79 Å². The van der Waals surface area contributed by atoms with Crippen LogP contribution in [0, 0.1) is 0 Å². The minimum absolute atomic E-state index is 0.0259. The van der Waals surface area contributed by atoms with Crippen molar-refractivity contribution in [3.63, 3.8) is 0 Å². The number of carbonyl (C=O) groups is 1. The summed E-state index contributed by atoms with van der Waals surface area (Å²) in [6.07, 6.45) is 1.83.